The first kappa shape index (κ1) is 9.45. The fraction of sp³-hybridized carbons (Fsp3) is 0.222. The molecule has 0 spiro atoms. The van der Waals surface area contributed by atoms with Crippen LogP contribution in [0.4, 0.5) is 5.82 Å². The second-order valence-corrected chi connectivity index (χ2v) is 3.23. The zero-order valence-electron chi connectivity index (χ0n) is 8.27. The number of carbonyl (C=O) groups excluding carboxylic acids is 1. The van der Waals surface area contributed by atoms with Gasteiger partial charge in [-0.25, -0.2) is 4.99 Å². The molecule has 6 nitrogen and oxygen atoms in total. The number of hydrogen-bond acceptors (Lipinski definition) is 4. The summed E-state index contributed by atoms with van der Waals surface area (Å²) in [5.74, 6) is 0.365. The van der Waals surface area contributed by atoms with E-state index in [-0.39, 0.29) is 5.91 Å². The summed E-state index contributed by atoms with van der Waals surface area (Å²) in [6.45, 7) is 0.391. The van der Waals surface area contributed by atoms with Crippen LogP contribution in [0.25, 0.3) is 0 Å². The highest BCUT2D eigenvalue weighted by Crippen LogP contribution is 2.08. The van der Waals surface area contributed by atoms with E-state index >= 15 is 0 Å². The van der Waals surface area contributed by atoms with Crippen LogP contribution in [0.3, 0.4) is 0 Å². The molecular weight excluding hydrogens is 194 g/mol. The molecule has 78 valence electrons. The summed E-state index contributed by atoms with van der Waals surface area (Å²) in [7, 11) is 1.80. The molecule has 0 atom stereocenters. The highest BCUT2D eigenvalue weighted by atomic mass is 16.1. The normalized spacial score (nSPS) is 16.5. The number of aryl methyl sites for hydroxylation is 1. The molecule has 1 aromatic heterocycles. The largest absolute Gasteiger partial charge is 0.400 e. The van der Waals surface area contributed by atoms with Crippen molar-refractivity contribution in [3.63, 3.8) is 0 Å². The molecule has 0 bridgehead atoms. The van der Waals surface area contributed by atoms with Crippen LogP contribution < -0.4 is 11.1 Å². The van der Waals surface area contributed by atoms with Gasteiger partial charge in [-0.15, -0.1) is 0 Å². The second kappa shape index (κ2) is 3.56. The summed E-state index contributed by atoms with van der Waals surface area (Å²) in [5.41, 5.74) is 6.55. The van der Waals surface area contributed by atoms with Gasteiger partial charge in [-0.3, -0.25) is 9.48 Å². The molecule has 0 aromatic carbocycles. The van der Waals surface area contributed by atoms with Crippen molar-refractivity contribution in [3.8, 4) is 0 Å². The van der Waals surface area contributed by atoms with Gasteiger partial charge >= 0.3 is 0 Å². The maximum absolute atomic E-state index is 11.2. The van der Waals surface area contributed by atoms with Gasteiger partial charge in [0, 0.05) is 31.2 Å². The molecule has 0 aliphatic carbocycles. The minimum atomic E-state index is -0.188. The van der Waals surface area contributed by atoms with E-state index in [1.54, 1.807) is 24.0 Å². The van der Waals surface area contributed by atoms with E-state index in [4.69, 9.17) is 5.73 Å². The number of hydrogen-bond donors (Lipinski definition) is 2. The van der Waals surface area contributed by atoms with E-state index in [1.807, 2.05) is 0 Å². The Morgan fingerprint density at radius 3 is 3.07 bits per heavy atom. The van der Waals surface area contributed by atoms with E-state index in [1.165, 1.54) is 6.21 Å². The first-order valence-electron chi connectivity index (χ1n) is 4.47. The van der Waals surface area contributed by atoms with Gasteiger partial charge < -0.3 is 11.1 Å². The molecule has 2 heterocycles. The van der Waals surface area contributed by atoms with Crippen molar-refractivity contribution >= 4 is 17.9 Å². The quantitative estimate of drug-likeness (QED) is 0.636. The SMILES string of the molecule is Cn1ccc(N=CC2=C(N)CNC2=O)n1. The Kier molecular flexibility index (Phi) is 2.24. The number of aliphatic imine (C=N–C) groups is 1. The molecule has 0 fully saturated rings. The van der Waals surface area contributed by atoms with Gasteiger partial charge in [-0.05, 0) is 0 Å². The molecule has 1 aliphatic heterocycles. The number of rotatable bonds is 2. The molecule has 1 aliphatic rings. The van der Waals surface area contributed by atoms with Crippen molar-refractivity contribution < 1.29 is 4.79 Å². The summed E-state index contributed by atoms with van der Waals surface area (Å²) in [5, 5.41) is 6.65. The lowest BCUT2D eigenvalue weighted by Gasteiger charge is -1.90. The third-order valence-corrected chi connectivity index (χ3v) is 2.06. The minimum absolute atomic E-state index is 0.188. The monoisotopic (exact) mass is 205 g/mol. The highest BCUT2D eigenvalue weighted by molar-refractivity contribution is 6.14. The fourth-order valence-electron chi connectivity index (χ4n) is 1.26. The van der Waals surface area contributed by atoms with Gasteiger partial charge in [0.1, 0.15) is 0 Å². The van der Waals surface area contributed by atoms with Gasteiger partial charge in [0.05, 0.1) is 12.1 Å². The number of nitrogens with zero attached hydrogens (tertiary/aromatic N) is 3. The van der Waals surface area contributed by atoms with Crippen LogP contribution in [0.15, 0.2) is 28.5 Å². The number of carbonyl (C=O) groups is 1. The summed E-state index contributed by atoms with van der Waals surface area (Å²) < 4.78 is 1.64. The molecule has 6 heteroatoms. The van der Waals surface area contributed by atoms with Crippen molar-refractivity contribution in [3.05, 3.63) is 23.5 Å². The van der Waals surface area contributed by atoms with Crippen molar-refractivity contribution in [2.24, 2.45) is 17.8 Å². The van der Waals surface area contributed by atoms with Gasteiger partial charge in [-0.1, -0.05) is 0 Å². The molecule has 0 saturated heterocycles. The molecule has 15 heavy (non-hydrogen) atoms. The number of aromatic nitrogens is 2. The van der Waals surface area contributed by atoms with Gasteiger partial charge in [0.25, 0.3) is 5.91 Å². The van der Waals surface area contributed by atoms with Crippen LogP contribution >= 0.6 is 0 Å². The van der Waals surface area contributed by atoms with Crippen LogP contribution in [0.1, 0.15) is 0 Å². The Labute approximate surface area is 86.5 Å². The van der Waals surface area contributed by atoms with E-state index in [0.717, 1.165) is 0 Å². The van der Waals surface area contributed by atoms with Crippen molar-refractivity contribution in [1.82, 2.24) is 15.1 Å². The summed E-state index contributed by atoms with van der Waals surface area (Å²) in [4.78, 5) is 15.3. The van der Waals surface area contributed by atoms with Crippen LogP contribution in [-0.2, 0) is 11.8 Å². The Balaban J connectivity index is 2.18. The lowest BCUT2D eigenvalue weighted by atomic mass is 10.2. The standard InChI is InChI=1S/C9H11N5O/c1-14-3-2-8(13-14)11-4-6-7(10)5-12-9(6)15/h2-4H,5,10H2,1H3,(H,12,15). The van der Waals surface area contributed by atoms with E-state index in [2.05, 4.69) is 15.4 Å². The lowest BCUT2D eigenvalue weighted by molar-refractivity contribution is -0.116. The van der Waals surface area contributed by atoms with Crippen LogP contribution in [0.5, 0.6) is 0 Å². The van der Waals surface area contributed by atoms with Crippen LogP contribution in [0, 0.1) is 0 Å². The first-order valence-corrected chi connectivity index (χ1v) is 4.47. The highest BCUT2D eigenvalue weighted by Gasteiger charge is 2.18. The predicted molar refractivity (Wildman–Crippen MR) is 55.6 cm³/mol. The van der Waals surface area contributed by atoms with Gasteiger partial charge in [-0.2, -0.15) is 5.10 Å². The molecule has 0 saturated carbocycles. The van der Waals surface area contributed by atoms with E-state index < -0.39 is 0 Å². The zero-order chi connectivity index (χ0) is 10.8. The van der Waals surface area contributed by atoms with Gasteiger partial charge in [0.2, 0.25) is 0 Å². The van der Waals surface area contributed by atoms with E-state index in [9.17, 15) is 4.79 Å². The first-order chi connectivity index (χ1) is 7.16. The van der Waals surface area contributed by atoms with Crippen molar-refractivity contribution in [2.75, 3.05) is 6.54 Å². The Morgan fingerprint density at radius 2 is 2.53 bits per heavy atom. The predicted octanol–water partition coefficient (Wildman–Crippen LogP) is -0.535. The summed E-state index contributed by atoms with van der Waals surface area (Å²) in [6, 6.07) is 1.75. The summed E-state index contributed by atoms with van der Waals surface area (Å²) >= 11 is 0. The average Bonchev–Trinajstić information content (AvgIpc) is 2.73. The van der Waals surface area contributed by atoms with Crippen LogP contribution in [0.2, 0.25) is 0 Å². The fourth-order valence-corrected chi connectivity index (χ4v) is 1.26. The third-order valence-electron chi connectivity index (χ3n) is 2.06. The molecule has 0 radical (unpaired) electrons. The Bertz CT molecular complexity index is 457. The summed E-state index contributed by atoms with van der Waals surface area (Å²) in [6.07, 6.45) is 3.22. The smallest absolute Gasteiger partial charge is 0.254 e. The Morgan fingerprint density at radius 1 is 1.73 bits per heavy atom. The topological polar surface area (TPSA) is 85.3 Å². The van der Waals surface area contributed by atoms with E-state index in [0.29, 0.717) is 23.6 Å². The average molecular weight is 205 g/mol. The molecule has 3 N–H and O–H groups in total. The molecule has 0 unspecified atom stereocenters. The number of nitrogens with two attached hydrogens (primary N) is 1. The Hall–Kier alpha value is -2.11. The van der Waals surface area contributed by atoms with Gasteiger partial charge in [0.15, 0.2) is 5.82 Å². The molecule has 1 aromatic rings. The third kappa shape index (κ3) is 1.88. The number of amides is 1. The second-order valence-electron chi connectivity index (χ2n) is 3.23. The van der Waals surface area contributed by atoms with Crippen molar-refractivity contribution in [1.29, 1.82) is 0 Å². The molecule has 1 amide bonds. The maximum Gasteiger partial charge on any atom is 0.254 e. The number of nitrogens with one attached hydrogen (secondary N) is 1. The minimum Gasteiger partial charge on any atom is -0.400 e. The molecular formula is C9H11N5O. The lowest BCUT2D eigenvalue weighted by Crippen LogP contribution is -2.18. The molecule has 2 rings (SSSR count). The van der Waals surface area contributed by atoms with Crippen LogP contribution in [-0.4, -0.2) is 28.4 Å². The zero-order valence-corrected chi connectivity index (χ0v) is 8.27. The van der Waals surface area contributed by atoms with Crippen molar-refractivity contribution in [2.45, 2.75) is 0 Å². The maximum atomic E-state index is 11.2.